The number of carbonyl (C=O) groups excluding carboxylic acids is 1. The Bertz CT molecular complexity index is 804. The number of rotatable bonds is 3. The second kappa shape index (κ2) is 6.08. The molecule has 22 heavy (non-hydrogen) atoms. The molecule has 0 spiro atoms. The lowest BCUT2D eigenvalue weighted by molar-refractivity contribution is 0.0958. The van der Waals surface area contributed by atoms with E-state index in [2.05, 4.69) is 15.8 Å². The van der Waals surface area contributed by atoms with Crippen LogP contribution < -0.4 is 10.9 Å². The van der Waals surface area contributed by atoms with Crippen molar-refractivity contribution in [3.8, 4) is 0 Å². The van der Waals surface area contributed by atoms with Crippen molar-refractivity contribution in [2.75, 3.05) is 5.43 Å². The molecule has 2 aromatic carbocycles. The van der Waals surface area contributed by atoms with Gasteiger partial charge in [-0.3, -0.25) is 15.6 Å². The number of aromatic amines is 1. The summed E-state index contributed by atoms with van der Waals surface area (Å²) in [7, 11) is 0. The highest BCUT2D eigenvalue weighted by Crippen LogP contribution is 2.33. The maximum absolute atomic E-state index is 12.2. The van der Waals surface area contributed by atoms with E-state index < -0.39 is 0 Å². The number of fused-ring (bicyclic) bond motifs is 1. The van der Waals surface area contributed by atoms with Crippen LogP contribution >= 0.6 is 34.8 Å². The largest absolute Gasteiger partial charge is 0.350 e. The van der Waals surface area contributed by atoms with Crippen molar-refractivity contribution in [2.45, 2.75) is 0 Å². The molecule has 1 aromatic heterocycles. The summed E-state index contributed by atoms with van der Waals surface area (Å²) < 4.78 is 0. The van der Waals surface area contributed by atoms with Crippen LogP contribution in [-0.4, -0.2) is 10.9 Å². The van der Waals surface area contributed by atoms with Crippen LogP contribution in [0.2, 0.25) is 15.1 Å². The summed E-state index contributed by atoms with van der Waals surface area (Å²) in [5.41, 5.74) is 6.95. The average Bonchev–Trinajstić information content (AvgIpc) is 2.89. The Morgan fingerprint density at radius 3 is 2.36 bits per heavy atom. The first-order valence-electron chi connectivity index (χ1n) is 6.33. The maximum atomic E-state index is 12.2. The van der Waals surface area contributed by atoms with E-state index in [4.69, 9.17) is 34.8 Å². The minimum absolute atomic E-state index is 0.314. The number of hydrogen-bond donors (Lipinski definition) is 3. The van der Waals surface area contributed by atoms with Crippen molar-refractivity contribution in [3.05, 3.63) is 63.2 Å². The molecule has 0 aliphatic rings. The van der Waals surface area contributed by atoms with E-state index in [1.807, 2.05) is 24.3 Å². The molecule has 3 rings (SSSR count). The Hall–Kier alpha value is -1.88. The highest BCUT2D eigenvalue weighted by atomic mass is 35.5. The summed E-state index contributed by atoms with van der Waals surface area (Å²) in [4.78, 5) is 15.2. The SMILES string of the molecule is O=C(NNc1c(Cl)cc(Cl)cc1Cl)c1cc2ccccc2[nH]1. The molecule has 4 nitrogen and oxygen atoms in total. The molecule has 0 radical (unpaired) electrons. The maximum Gasteiger partial charge on any atom is 0.286 e. The van der Waals surface area contributed by atoms with E-state index in [-0.39, 0.29) is 5.91 Å². The molecule has 3 aromatic rings. The summed E-state index contributed by atoms with van der Waals surface area (Å²) in [6.07, 6.45) is 0. The number of aromatic nitrogens is 1. The zero-order chi connectivity index (χ0) is 15.7. The van der Waals surface area contributed by atoms with E-state index in [0.29, 0.717) is 26.4 Å². The average molecular weight is 355 g/mol. The minimum Gasteiger partial charge on any atom is -0.350 e. The molecule has 0 saturated carbocycles. The van der Waals surface area contributed by atoms with Gasteiger partial charge in [0.1, 0.15) is 5.69 Å². The van der Waals surface area contributed by atoms with Gasteiger partial charge in [0, 0.05) is 15.9 Å². The van der Waals surface area contributed by atoms with Gasteiger partial charge in [0.2, 0.25) is 0 Å². The third kappa shape index (κ3) is 2.99. The van der Waals surface area contributed by atoms with Crippen LogP contribution in [0.4, 0.5) is 5.69 Å². The highest BCUT2D eigenvalue weighted by Gasteiger charge is 2.12. The normalized spacial score (nSPS) is 10.7. The second-order valence-electron chi connectivity index (χ2n) is 4.59. The van der Waals surface area contributed by atoms with Crippen LogP contribution in [-0.2, 0) is 0 Å². The van der Waals surface area contributed by atoms with Crippen molar-refractivity contribution in [3.63, 3.8) is 0 Å². The fourth-order valence-corrected chi connectivity index (χ4v) is 2.96. The Morgan fingerprint density at radius 2 is 1.68 bits per heavy atom. The van der Waals surface area contributed by atoms with Gasteiger partial charge in [0.05, 0.1) is 15.7 Å². The lowest BCUT2D eigenvalue weighted by Gasteiger charge is -2.11. The van der Waals surface area contributed by atoms with E-state index in [0.717, 1.165) is 10.9 Å². The molecular formula is C15H10Cl3N3O. The Balaban J connectivity index is 1.78. The molecule has 0 bridgehead atoms. The third-order valence-electron chi connectivity index (χ3n) is 3.08. The number of amides is 1. The molecule has 112 valence electrons. The topological polar surface area (TPSA) is 56.9 Å². The van der Waals surface area contributed by atoms with Crippen molar-refractivity contribution in [2.24, 2.45) is 0 Å². The predicted molar refractivity (Wildman–Crippen MR) is 90.9 cm³/mol. The van der Waals surface area contributed by atoms with Crippen LogP contribution in [0.1, 0.15) is 10.5 Å². The van der Waals surface area contributed by atoms with Gasteiger partial charge in [-0.25, -0.2) is 0 Å². The Kier molecular flexibility index (Phi) is 4.16. The van der Waals surface area contributed by atoms with Gasteiger partial charge in [0.15, 0.2) is 0 Å². The van der Waals surface area contributed by atoms with Crippen LogP contribution in [0.5, 0.6) is 0 Å². The Morgan fingerprint density at radius 1 is 1.00 bits per heavy atom. The zero-order valence-corrected chi connectivity index (χ0v) is 13.4. The molecule has 0 atom stereocenters. The zero-order valence-electron chi connectivity index (χ0n) is 11.1. The van der Waals surface area contributed by atoms with Crippen molar-refractivity contribution in [1.82, 2.24) is 10.4 Å². The van der Waals surface area contributed by atoms with Gasteiger partial charge in [-0.1, -0.05) is 53.0 Å². The highest BCUT2D eigenvalue weighted by molar-refractivity contribution is 6.41. The van der Waals surface area contributed by atoms with Gasteiger partial charge >= 0.3 is 0 Å². The molecule has 0 fully saturated rings. The molecule has 0 saturated heterocycles. The number of nitrogens with one attached hydrogen (secondary N) is 3. The first kappa shape index (κ1) is 15.0. The molecule has 0 unspecified atom stereocenters. The van der Waals surface area contributed by atoms with Gasteiger partial charge in [-0.15, -0.1) is 0 Å². The molecule has 1 amide bonds. The predicted octanol–water partition coefficient (Wildman–Crippen LogP) is 4.89. The van der Waals surface area contributed by atoms with Gasteiger partial charge in [-0.2, -0.15) is 0 Å². The molecule has 7 heteroatoms. The summed E-state index contributed by atoms with van der Waals surface area (Å²) in [6.45, 7) is 0. The number of halogens is 3. The molecule has 0 aliphatic carbocycles. The fourth-order valence-electron chi connectivity index (χ4n) is 2.04. The quantitative estimate of drug-likeness (QED) is 0.587. The number of hydrazine groups is 1. The third-order valence-corrected chi connectivity index (χ3v) is 3.90. The van der Waals surface area contributed by atoms with Gasteiger partial charge < -0.3 is 4.98 Å². The number of anilines is 1. The van der Waals surface area contributed by atoms with Crippen molar-refractivity contribution >= 4 is 57.3 Å². The first-order valence-corrected chi connectivity index (χ1v) is 7.46. The summed E-state index contributed by atoms with van der Waals surface area (Å²) >= 11 is 17.9. The van der Waals surface area contributed by atoms with Crippen LogP contribution in [0.15, 0.2) is 42.5 Å². The number of H-pyrrole nitrogens is 1. The van der Waals surface area contributed by atoms with Crippen LogP contribution in [0.25, 0.3) is 10.9 Å². The van der Waals surface area contributed by atoms with E-state index in [1.54, 1.807) is 6.07 Å². The standard InChI is InChI=1S/C15H10Cl3N3O/c16-9-6-10(17)14(11(18)7-9)20-21-15(22)13-5-8-3-1-2-4-12(8)19-13/h1-7,19-20H,(H,21,22). The monoisotopic (exact) mass is 353 g/mol. The van der Waals surface area contributed by atoms with E-state index in [1.165, 1.54) is 12.1 Å². The summed E-state index contributed by atoms with van der Waals surface area (Å²) in [5, 5.41) is 2.00. The van der Waals surface area contributed by atoms with Crippen LogP contribution in [0, 0.1) is 0 Å². The van der Waals surface area contributed by atoms with Crippen molar-refractivity contribution in [1.29, 1.82) is 0 Å². The summed E-state index contributed by atoms with van der Waals surface area (Å²) in [6, 6.07) is 12.4. The van der Waals surface area contributed by atoms with Gasteiger partial charge in [0.25, 0.3) is 5.91 Å². The smallest absolute Gasteiger partial charge is 0.286 e. The van der Waals surface area contributed by atoms with Crippen LogP contribution in [0.3, 0.4) is 0 Å². The Labute approximate surface area is 141 Å². The number of hydrogen-bond acceptors (Lipinski definition) is 2. The van der Waals surface area contributed by atoms with Gasteiger partial charge in [-0.05, 0) is 24.3 Å². The molecular weight excluding hydrogens is 345 g/mol. The van der Waals surface area contributed by atoms with E-state index in [9.17, 15) is 4.79 Å². The number of carbonyl (C=O) groups is 1. The minimum atomic E-state index is -0.335. The number of para-hydroxylation sites is 1. The lowest BCUT2D eigenvalue weighted by atomic mass is 10.2. The molecule has 1 heterocycles. The number of benzene rings is 2. The second-order valence-corrected chi connectivity index (χ2v) is 5.84. The fraction of sp³-hybridized carbons (Fsp3) is 0. The molecule has 0 aliphatic heterocycles. The van der Waals surface area contributed by atoms with E-state index >= 15 is 0 Å². The molecule has 3 N–H and O–H groups in total. The first-order chi connectivity index (χ1) is 10.5. The lowest BCUT2D eigenvalue weighted by Crippen LogP contribution is -2.29. The van der Waals surface area contributed by atoms with Crippen molar-refractivity contribution < 1.29 is 4.79 Å². The summed E-state index contributed by atoms with van der Waals surface area (Å²) in [5.74, 6) is -0.335.